The second kappa shape index (κ2) is 8.76. The average molecular weight is 498 g/mol. The Bertz CT molecular complexity index is 943. The van der Waals surface area contributed by atoms with Gasteiger partial charge in [-0.05, 0) is 58.8 Å². The molecule has 2 aromatic carbocycles. The summed E-state index contributed by atoms with van der Waals surface area (Å²) in [7, 11) is 0. The summed E-state index contributed by atoms with van der Waals surface area (Å²) in [5, 5.41) is 5.74. The Morgan fingerprint density at radius 1 is 1.00 bits per heavy atom. The van der Waals surface area contributed by atoms with Crippen LogP contribution >= 0.6 is 22.6 Å². The van der Waals surface area contributed by atoms with Gasteiger partial charge in [-0.2, -0.15) is 18.2 Å². The highest BCUT2D eigenvalue weighted by atomic mass is 127. The van der Waals surface area contributed by atoms with Crippen LogP contribution in [0.2, 0.25) is 0 Å². The van der Waals surface area contributed by atoms with Gasteiger partial charge in [0.15, 0.2) is 0 Å². The maximum atomic E-state index is 13.4. The molecule has 0 bridgehead atoms. The number of hydrogen-bond acceptors (Lipinski definition) is 4. The van der Waals surface area contributed by atoms with E-state index < -0.39 is 11.7 Å². The molecule has 0 aliphatic heterocycles. The molecule has 0 aliphatic rings. The van der Waals surface area contributed by atoms with Crippen LogP contribution in [0.5, 0.6) is 0 Å². The SMILES string of the molecule is CCCc1ccc(Nc2ncc(C(F)(F)F)c(Nc3ccccc3I)n2)cc1. The lowest BCUT2D eigenvalue weighted by molar-refractivity contribution is -0.137. The standard InChI is InChI=1S/C20H18F3IN4/c1-2-5-13-8-10-14(11-9-13)26-19-25-12-15(20(21,22)23)18(28-19)27-17-7-4-3-6-16(17)24/h3-4,6-12H,2,5H2,1H3,(H2,25,26,27,28). The van der Waals surface area contributed by atoms with Gasteiger partial charge in [0.25, 0.3) is 0 Å². The Kier molecular flexibility index (Phi) is 6.38. The zero-order valence-electron chi connectivity index (χ0n) is 15.0. The number of benzene rings is 2. The van der Waals surface area contributed by atoms with E-state index in [1.807, 2.05) is 30.3 Å². The normalized spacial score (nSPS) is 11.3. The van der Waals surface area contributed by atoms with Crippen molar-refractivity contribution in [2.45, 2.75) is 25.9 Å². The first-order valence-electron chi connectivity index (χ1n) is 8.68. The first kappa shape index (κ1) is 20.4. The van der Waals surface area contributed by atoms with Gasteiger partial charge < -0.3 is 10.6 Å². The molecule has 3 rings (SSSR count). The van der Waals surface area contributed by atoms with Gasteiger partial charge in [0.05, 0.1) is 5.69 Å². The zero-order valence-corrected chi connectivity index (χ0v) is 17.2. The van der Waals surface area contributed by atoms with E-state index in [4.69, 9.17) is 0 Å². The Morgan fingerprint density at radius 3 is 2.36 bits per heavy atom. The van der Waals surface area contributed by atoms with Gasteiger partial charge in [-0.1, -0.05) is 37.6 Å². The van der Waals surface area contributed by atoms with Crippen molar-refractivity contribution in [2.75, 3.05) is 10.6 Å². The van der Waals surface area contributed by atoms with Crippen LogP contribution in [-0.4, -0.2) is 9.97 Å². The molecule has 2 N–H and O–H groups in total. The van der Waals surface area contributed by atoms with Crippen LogP contribution in [0.4, 0.5) is 36.3 Å². The predicted octanol–water partition coefficient (Wildman–Crippen LogP) is 6.54. The van der Waals surface area contributed by atoms with Crippen molar-refractivity contribution in [3.8, 4) is 0 Å². The molecule has 0 saturated heterocycles. The van der Waals surface area contributed by atoms with Crippen LogP contribution < -0.4 is 10.6 Å². The highest BCUT2D eigenvalue weighted by Crippen LogP contribution is 2.36. The maximum Gasteiger partial charge on any atom is 0.421 e. The fraction of sp³-hybridized carbons (Fsp3) is 0.200. The van der Waals surface area contributed by atoms with Gasteiger partial charge in [0, 0.05) is 15.5 Å². The van der Waals surface area contributed by atoms with Gasteiger partial charge >= 0.3 is 6.18 Å². The van der Waals surface area contributed by atoms with E-state index in [1.54, 1.807) is 18.2 Å². The van der Waals surface area contributed by atoms with Gasteiger partial charge in [-0.15, -0.1) is 0 Å². The minimum atomic E-state index is -4.57. The monoisotopic (exact) mass is 498 g/mol. The summed E-state index contributed by atoms with van der Waals surface area (Å²) < 4.78 is 40.9. The number of alkyl halides is 3. The summed E-state index contributed by atoms with van der Waals surface area (Å²) in [6.45, 7) is 2.10. The third-order valence-corrected chi connectivity index (χ3v) is 4.91. The van der Waals surface area contributed by atoms with E-state index in [0.717, 1.165) is 22.6 Å². The molecular formula is C20H18F3IN4. The second-order valence-corrected chi connectivity index (χ2v) is 7.29. The van der Waals surface area contributed by atoms with E-state index >= 15 is 0 Å². The summed E-state index contributed by atoms with van der Waals surface area (Å²) in [5.74, 6) is -0.207. The van der Waals surface area contributed by atoms with Crippen LogP contribution in [0.3, 0.4) is 0 Å². The molecule has 4 nitrogen and oxygen atoms in total. The Morgan fingerprint density at radius 2 is 1.71 bits per heavy atom. The van der Waals surface area contributed by atoms with Gasteiger partial charge in [-0.3, -0.25) is 0 Å². The number of aryl methyl sites for hydroxylation is 1. The third-order valence-electron chi connectivity index (χ3n) is 3.97. The molecule has 0 radical (unpaired) electrons. The quantitative estimate of drug-likeness (QED) is 0.379. The summed E-state index contributed by atoms with van der Waals surface area (Å²) in [6.07, 6.45) is -1.76. The Labute approximate surface area is 174 Å². The first-order chi connectivity index (χ1) is 13.4. The lowest BCUT2D eigenvalue weighted by atomic mass is 10.1. The molecule has 3 aromatic rings. The molecule has 0 aliphatic carbocycles. The van der Waals surface area contributed by atoms with E-state index in [9.17, 15) is 13.2 Å². The Hall–Kier alpha value is -2.36. The number of hydrogen-bond donors (Lipinski definition) is 2. The van der Waals surface area contributed by atoms with Gasteiger partial charge in [0.2, 0.25) is 5.95 Å². The van der Waals surface area contributed by atoms with Crippen molar-refractivity contribution in [3.05, 3.63) is 69.4 Å². The van der Waals surface area contributed by atoms with Crippen molar-refractivity contribution in [1.82, 2.24) is 9.97 Å². The largest absolute Gasteiger partial charge is 0.421 e. The molecule has 0 unspecified atom stereocenters. The number of para-hydroxylation sites is 1. The lowest BCUT2D eigenvalue weighted by Crippen LogP contribution is -2.13. The number of nitrogens with zero attached hydrogens (tertiary/aromatic N) is 2. The van der Waals surface area contributed by atoms with E-state index in [-0.39, 0.29) is 11.8 Å². The molecule has 1 heterocycles. The van der Waals surface area contributed by atoms with Crippen LogP contribution in [0.1, 0.15) is 24.5 Å². The maximum absolute atomic E-state index is 13.4. The van der Waals surface area contributed by atoms with Crippen LogP contribution in [0, 0.1) is 3.57 Å². The molecule has 0 fully saturated rings. The third kappa shape index (κ3) is 5.12. The van der Waals surface area contributed by atoms with Crippen molar-refractivity contribution in [3.63, 3.8) is 0 Å². The summed E-state index contributed by atoms with van der Waals surface area (Å²) >= 11 is 2.05. The van der Waals surface area contributed by atoms with Crippen LogP contribution in [-0.2, 0) is 12.6 Å². The van der Waals surface area contributed by atoms with Crippen LogP contribution in [0.15, 0.2) is 54.7 Å². The first-order valence-corrected chi connectivity index (χ1v) is 9.76. The second-order valence-electron chi connectivity index (χ2n) is 6.13. The predicted molar refractivity (Wildman–Crippen MR) is 113 cm³/mol. The van der Waals surface area contributed by atoms with E-state index in [0.29, 0.717) is 11.4 Å². The Balaban J connectivity index is 1.90. The van der Waals surface area contributed by atoms with Crippen molar-refractivity contribution >= 4 is 45.7 Å². The molecule has 0 spiro atoms. The topological polar surface area (TPSA) is 49.8 Å². The fourth-order valence-electron chi connectivity index (χ4n) is 2.61. The summed E-state index contributed by atoms with van der Waals surface area (Å²) in [4.78, 5) is 7.91. The highest BCUT2D eigenvalue weighted by molar-refractivity contribution is 14.1. The number of halogens is 4. The van der Waals surface area contributed by atoms with E-state index in [1.165, 1.54) is 5.56 Å². The molecule has 0 saturated carbocycles. The number of anilines is 4. The number of aromatic nitrogens is 2. The highest BCUT2D eigenvalue weighted by Gasteiger charge is 2.35. The molecule has 1 aromatic heterocycles. The average Bonchev–Trinajstić information content (AvgIpc) is 2.65. The molecular weight excluding hydrogens is 480 g/mol. The van der Waals surface area contributed by atoms with Crippen molar-refractivity contribution < 1.29 is 13.2 Å². The number of rotatable bonds is 6. The summed E-state index contributed by atoms with van der Waals surface area (Å²) in [5.41, 5.74) is 1.53. The van der Waals surface area contributed by atoms with E-state index in [2.05, 4.69) is 50.1 Å². The van der Waals surface area contributed by atoms with Crippen molar-refractivity contribution in [2.24, 2.45) is 0 Å². The molecule has 28 heavy (non-hydrogen) atoms. The smallest absolute Gasteiger partial charge is 0.339 e. The van der Waals surface area contributed by atoms with Gasteiger partial charge in [0.1, 0.15) is 11.4 Å². The molecule has 8 heteroatoms. The lowest BCUT2D eigenvalue weighted by Gasteiger charge is -2.15. The molecule has 0 atom stereocenters. The minimum Gasteiger partial charge on any atom is -0.339 e. The van der Waals surface area contributed by atoms with Crippen LogP contribution in [0.25, 0.3) is 0 Å². The zero-order chi connectivity index (χ0) is 20.1. The minimum absolute atomic E-state index is 0.0877. The summed E-state index contributed by atoms with van der Waals surface area (Å²) in [6, 6.07) is 14.7. The molecule has 0 amide bonds. The van der Waals surface area contributed by atoms with Gasteiger partial charge in [-0.25, -0.2) is 4.98 Å². The number of nitrogens with one attached hydrogen (secondary N) is 2. The molecule has 146 valence electrons. The fourth-order valence-corrected chi connectivity index (χ4v) is 3.13. The van der Waals surface area contributed by atoms with Crippen molar-refractivity contribution in [1.29, 1.82) is 0 Å².